The minimum absolute atomic E-state index is 0.0613. The van der Waals surface area contributed by atoms with Crippen molar-refractivity contribution in [2.45, 2.75) is 13.0 Å². The zero-order chi connectivity index (χ0) is 25.9. The molecule has 0 atom stereocenters. The molecule has 0 saturated heterocycles. The lowest BCUT2D eigenvalue weighted by Gasteiger charge is -2.13. The fourth-order valence-electron chi connectivity index (χ4n) is 4.09. The number of rotatable bonds is 7. The van der Waals surface area contributed by atoms with E-state index >= 15 is 0 Å². The highest BCUT2D eigenvalue weighted by atomic mass is 32.1. The lowest BCUT2D eigenvalue weighted by molar-refractivity contribution is -0.384. The SMILES string of the molecule is O=C(Cc1ccc(-n2c(=O)c3sccc3n(Cc3cccc([N+](=O)[O-])c3)c2=O)cc1)Nc1ccccc1. The number of nitro groups is 1. The van der Waals surface area contributed by atoms with Gasteiger partial charge in [-0.05, 0) is 46.8 Å². The van der Waals surface area contributed by atoms with E-state index in [9.17, 15) is 24.5 Å². The fourth-order valence-corrected chi connectivity index (χ4v) is 4.92. The van der Waals surface area contributed by atoms with Gasteiger partial charge in [0.15, 0.2) is 0 Å². The van der Waals surface area contributed by atoms with Gasteiger partial charge in [0.1, 0.15) is 4.70 Å². The lowest BCUT2D eigenvalue weighted by Crippen LogP contribution is -2.38. The molecule has 0 aliphatic carbocycles. The van der Waals surface area contributed by atoms with Crippen molar-refractivity contribution in [3.05, 3.63) is 132 Å². The summed E-state index contributed by atoms with van der Waals surface area (Å²) >= 11 is 1.22. The Labute approximate surface area is 214 Å². The van der Waals surface area contributed by atoms with Crippen molar-refractivity contribution >= 4 is 38.8 Å². The summed E-state index contributed by atoms with van der Waals surface area (Å²) in [5.41, 5.74) is 1.74. The van der Waals surface area contributed by atoms with Gasteiger partial charge in [0, 0.05) is 17.8 Å². The van der Waals surface area contributed by atoms with E-state index in [-0.39, 0.29) is 24.6 Å². The number of anilines is 1. The Bertz CT molecular complexity index is 1740. The van der Waals surface area contributed by atoms with Crippen LogP contribution in [0, 0.1) is 10.1 Å². The van der Waals surface area contributed by atoms with Crippen LogP contribution in [0.1, 0.15) is 11.1 Å². The maximum Gasteiger partial charge on any atom is 0.336 e. The summed E-state index contributed by atoms with van der Waals surface area (Å²) in [5, 5.41) is 15.7. The summed E-state index contributed by atoms with van der Waals surface area (Å²) in [7, 11) is 0. The van der Waals surface area contributed by atoms with Gasteiger partial charge in [-0.1, -0.05) is 42.5 Å². The Morgan fingerprint density at radius 2 is 1.68 bits per heavy atom. The van der Waals surface area contributed by atoms with Crippen molar-refractivity contribution in [2.75, 3.05) is 5.32 Å². The average Bonchev–Trinajstić information content (AvgIpc) is 3.39. The van der Waals surface area contributed by atoms with Gasteiger partial charge >= 0.3 is 5.69 Å². The number of nitro benzene ring substituents is 1. The van der Waals surface area contributed by atoms with Gasteiger partial charge < -0.3 is 5.32 Å². The molecule has 9 nitrogen and oxygen atoms in total. The van der Waals surface area contributed by atoms with E-state index in [1.807, 2.05) is 18.2 Å². The van der Waals surface area contributed by atoms with Crippen LogP contribution in [0.5, 0.6) is 0 Å². The molecule has 1 amide bonds. The van der Waals surface area contributed by atoms with Gasteiger partial charge in [0.25, 0.3) is 11.2 Å². The van der Waals surface area contributed by atoms with Crippen LogP contribution < -0.4 is 16.6 Å². The van der Waals surface area contributed by atoms with Gasteiger partial charge in [-0.25, -0.2) is 9.36 Å². The molecule has 2 heterocycles. The highest BCUT2D eigenvalue weighted by Gasteiger charge is 2.17. The van der Waals surface area contributed by atoms with Crippen LogP contribution in [-0.4, -0.2) is 20.0 Å². The first-order valence-corrected chi connectivity index (χ1v) is 12.2. The molecule has 0 unspecified atom stereocenters. The number of para-hydroxylation sites is 1. The third-order valence-corrected chi connectivity index (χ3v) is 6.73. The van der Waals surface area contributed by atoms with E-state index in [2.05, 4.69) is 5.32 Å². The molecule has 0 aliphatic rings. The quantitative estimate of drug-likeness (QED) is 0.257. The second-order valence-corrected chi connectivity index (χ2v) is 9.24. The van der Waals surface area contributed by atoms with Gasteiger partial charge in [-0.2, -0.15) is 0 Å². The predicted octanol–water partition coefficient (Wildman–Crippen LogP) is 4.35. The largest absolute Gasteiger partial charge is 0.336 e. The third kappa shape index (κ3) is 4.95. The van der Waals surface area contributed by atoms with Crippen LogP contribution >= 0.6 is 11.3 Å². The number of aromatic nitrogens is 2. The number of amides is 1. The Hall–Kier alpha value is -4.83. The van der Waals surface area contributed by atoms with E-state index < -0.39 is 16.2 Å². The Morgan fingerprint density at radius 3 is 2.41 bits per heavy atom. The van der Waals surface area contributed by atoms with E-state index in [1.165, 1.54) is 28.0 Å². The molecule has 37 heavy (non-hydrogen) atoms. The van der Waals surface area contributed by atoms with Gasteiger partial charge in [-0.15, -0.1) is 11.3 Å². The number of nitrogens with zero attached hydrogens (tertiary/aromatic N) is 3. The first kappa shape index (κ1) is 23.9. The Balaban J connectivity index is 1.47. The van der Waals surface area contributed by atoms with Gasteiger partial charge in [0.05, 0.1) is 29.1 Å². The van der Waals surface area contributed by atoms with Crippen molar-refractivity contribution in [3.8, 4) is 5.69 Å². The number of benzene rings is 3. The zero-order valence-electron chi connectivity index (χ0n) is 19.4. The summed E-state index contributed by atoms with van der Waals surface area (Å²) in [4.78, 5) is 49.8. The summed E-state index contributed by atoms with van der Waals surface area (Å²) in [6, 6.07) is 23.5. The molecule has 0 fully saturated rings. The second-order valence-electron chi connectivity index (χ2n) is 8.33. The number of hydrogen-bond donors (Lipinski definition) is 1. The highest BCUT2D eigenvalue weighted by molar-refractivity contribution is 7.17. The predicted molar refractivity (Wildman–Crippen MR) is 143 cm³/mol. The van der Waals surface area contributed by atoms with Crippen molar-refractivity contribution in [1.82, 2.24) is 9.13 Å². The molecule has 184 valence electrons. The minimum atomic E-state index is -0.558. The second kappa shape index (κ2) is 10.0. The molecule has 3 aromatic carbocycles. The molecule has 0 spiro atoms. The molecule has 2 aromatic heterocycles. The van der Waals surface area contributed by atoms with E-state index in [0.717, 1.165) is 10.1 Å². The molecule has 0 saturated carbocycles. The number of thiophene rings is 1. The number of carbonyl (C=O) groups excluding carboxylic acids is 1. The number of hydrogen-bond acceptors (Lipinski definition) is 6. The van der Waals surface area contributed by atoms with Crippen LogP contribution in [0.25, 0.3) is 15.9 Å². The van der Waals surface area contributed by atoms with E-state index in [0.29, 0.717) is 27.2 Å². The maximum absolute atomic E-state index is 13.5. The maximum atomic E-state index is 13.5. The summed E-state index contributed by atoms with van der Waals surface area (Å²) < 4.78 is 2.92. The first-order valence-electron chi connectivity index (χ1n) is 11.3. The van der Waals surface area contributed by atoms with Crippen LogP contribution in [0.15, 0.2) is 99.9 Å². The lowest BCUT2D eigenvalue weighted by atomic mass is 10.1. The minimum Gasteiger partial charge on any atom is -0.326 e. The van der Waals surface area contributed by atoms with Crippen molar-refractivity contribution in [1.29, 1.82) is 0 Å². The molecule has 0 bridgehead atoms. The molecular weight excluding hydrogens is 492 g/mol. The number of fused-ring (bicyclic) bond motifs is 1. The summed E-state index contributed by atoms with van der Waals surface area (Å²) in [6.07, 6.45) is 0.130. The molecule has 5 rings (SSSR count). The zero-order valence-corrected chi connectivity index (χ0v) is 20.2. The molecule has 1 N–H and O–H groups in total. The molecule has 10 heteroatoms. The smallest absolute Gasteiger partial charge is 0.326 e. The fraction of sp³-hybridized carbons (Fsp3) is 0.0741. The normalized spacial score (nSPS) is 10.9. The monoisotopic (exact) mass is 512 g/mol. The molecule has 0 aliphatic heterocycles. The van der Waals surface area contributed by atoms with Crippen molar-refractivity contribution in [3.63, 3.8) is 0 Å². The molecule has 0 radical (unpaired) electrons. The van der Waals surface area contributed by atoms with Crippen molar-refractivity contribution < 1.29 is 9.72 Å². The summed E-state index contributed by atoms with van der Waals surface area (Å²) in [6.45, 7) is 0.0613. The standard InChI is InChI=1S/C27H20N4O5S/c32-24(28-20-6-2-1-3-7-20)16-18-9-11-21(12-10-18)30-26(33)25-23(13-14-37-25)29(27(30)34)17-19-5-4-8-22(15-19)31(35)36/h1-15H,16-17H2,(H,28,32). The number of non-ortho nitro benzene ring substituents is 1. The number of nitrogens with one attached hydrogen (secondary N) is 1. The van der Waals surface area contributed by atoms with Gasteiger partial charge in [0.2, 0.25) is 5.91 Å². The molecule has 5 aromatic rings. The van der Waals surface area contributed by atoms with Crippen molar-refractivity contribution in [2.24, 2.45) is 0 Å². The third-order valence-electron chi connectivity index (χ3n) is 5.83. The Kier molecular flexibility index (Phi) is 6.48. The van der Waals surface area contributed by atoms with Gasteiger partial charge in [-0.3, -0.25) is 24.3 Å². The van der Waals surface area contributed by atoms with Crippen LogP contribution in [0.3, 0.4) is 0 Å². The van der Waals surface area contributed by atoms with Crippen LogP contribution in [0.2, 0.25) is 0 Å². The average molecular weight is 513 g/mol. The Morgan fingerprint density at radius 1 is 0.919 bits per heavy atom. The molecular formula is C27H20N4O5S. The summed E-state index contributed by atoms with van der Waals surface area (Å²) in [5.74, 6) is -0.185. The van der Waals surface area contributed by atoms with E-state index in [1.54, 1.807) is 60.0 Å². The highest BCUT2D eigenvalue weighted by Crippen LogP contribution is 2.20. The van der Waals surface area contributed by atoms with Crippen LogP contribution in [0.4, 0.5) is 11.4 Å². The topological polar surface area (TPSA) is 116 Å². The number of carbonyl (C=O) groups is 1. The van der Waals surface area contributed by atoms with Crippen LogP contribution in [-0.2, 0) is 17.8 Å². The van der Waals surface area contributed by atoms with E-state index in [4.69, 9.17) is 0 Å². The first-order chi connectivity index (χ1) is 17.9.